The van der Waals surface area contributed by atoms with E-state index in [9.17, 15) is 9.18 Å². The highest BCUT2D eigenvalue weighted by atomic mass is 19.1. The predicted octanol–water partition coefficient (Wildman–Crippen LogP) is 4.08. The van der Waals surface area contributed by atoms with Gasteiger partial charge in [0.25, 0.3) is 0 Å². The number of hydrogen-bond donors (Lipinski definition) is 0. The third kappa shape index (κ3) is 3.22. The van der Waals surface area contributed by atoms with Crippen LogP contribution in [0.2, 0.25) is 0 Å². The Bertz CT molecular complexity index is 596. The molecule has 4 heteroatoms. The van der Waals surface area contributed by atoms with E-state index in [2.05, 4.69) is 0 Å². The van der Waals surface area contributed by atoms with Crippen molar-refractivity contribution in [3.63, 3.8) is 0 Å². The summed E-state index contributed by atoms with van der Waals surface area (Å²) in [5, 5.41) is 0. The van der Waals surface area contributed by atoms with Crippen molar-refractivity contribution in [2.24, 2.45) is 0 Å². The van der Waals surface area contributed by atoms with Crippen molar-refractivity contribution in [1.82, 2.24) is 4.57 Å². The Morgan fingerprint density at radius 1 is 1.21 bits per heavy atom. The molecule has 0 radical (unpaired) electrons. The summed E-state index contributed by atoms with van der Waals surface area (Å²) in [6.07, 6.45) is 1.13. The Morgan fingerprint density at radius 2 is 1.95 bits per heavy atom. The van der Waals surface area contributed by atoms with Gasteiger partial charge in [0.2, 0.25) is 0 Å². The quantitative estimate of drug-likeness (QED) is 0.774. The summed E-state index contributed by atoms with van der Waals surface area (Å²) in [4.78, 5) is 12.0. The first kappa shape index (κ1) is 13.3. The summed E-state index contributed by atoms with van der Waals surface area (Å²) in [7, 11) is 0. The van der Waals surface area contributed by atoms with Gasteiger partial charge in [-0.2, -0.15) is 0 Å². The number of carbonyl (C=O) groups excluding carboxylic acids is 1. The molecule has 0 aliphatic carbocycles. The van der Waals surface area contributed by atoms with Gasteiger partial charge < -0.3 is 4.74 Å². The van der Waals surface area contributed by atoms with Gasteiger partial charge in [0.05, 0.1) is 5.69 Å². The van der Waals surface area contributed by atoms with Gasteiger partial charge in [-0.1, -0.05) is 12.1 Å². The van der Waals surface area contributed by atoms with Crippen LogP contribution in [0.1, 0.15) is 20.8 Å². The van der Waals surface area contributed by atoms with Crippen LogP contribution in [0.5, 0.6) is 0 Å². The van der Waals surface area contributed by atoms with Crippen LogP contribution in [-0.4, -0.2) is 16.3 Å². The molecule has 19 heavy (non-hydrogen) atoms. The minimum atomic E-state index is -0.569. The van der Waals surface area contributed by atoms with Gasteiger partial charge in [-0.25, -0.2) is 9.18 Å². The van der Waals surface area contributed by atoms with Gasteiger partial charge in [0.15, 0.2) is 0 Å². The van der Waals surface area contributed by atoms with E-state index in [0.29, 0.717) is 11.3 Å². The highest BCUT2D eigenvalue weighted by Crippen LogP contribution is 2.22. The molecule has 1 aromatic carbocycles. The molecular weight excluding hydrogens is 245 g/mol. The minimum Gasteiger partial charge on any atom is -0.443 e. The first-order valence-corrected chi connectivity index (χ1v) is 6.03. The molecule has 0 aliphatic rings. The number of carbonyl (C=O) groups is 1. The molecular formula is C15H16FNO2. The fourth-order valence-corrected chi connectivity index (χ4v) is 1.73. The van der Waals surface area contributed by atoms with Crippen LogP contribution in [0.25, 0.3) is 11.3 Å². The van der Waals surface area contributed by atoms with Crippen molar-refractivity contribution in [2.75, 3.05) is 0 Å². The van der Waals surface area contributed by atoms with E-state index in [4.69, 9.17) is 4.74 Å². The first-order chi connectivity index (χ1) is 8.87. The van der Waals surface area contributed by atoms with Gasteiger partial charge in [0.1, 0.15) is 11.4 Å². The first-order valence-electron chi connectivity index (χ1n) is 6.03. The summed E-state index contributed by atoms with van der Waals surface area (Å²) >= 11 is 0. The van der Waals surface area contributed by atoms with Crippen molar-refractivity contribution >= 4 is 6.09 Å². The Labute approximate surface area is 111 Å². The SMILES string of the molecule is CC(C)(C)OC(=O)n1cccc1-c1cccc(F)c1. The van der Waals surface area contributed by atoms with Gasteiger partial charge >= 0.3 is 6.09 Å². The Morgan fingerprint density at radius 3 is 2.58 bits per heavy atom. The monoisotopic (exact) mass is 261 g/mol. The predicted molar refractivity (Wildman–Crippen MR) is 71.5 cm³/mol. The molecule has 3 nitrogen and oxygen atoms in total. The zero-order valence-electron chi connectivity index (χ0n) is 11.2. The zero-order valence-corrected chi connectivity index (χ0v) is 11.2. The molecule has 0 atom stereocenters. The third-order valence-electron chi connectivity index (χ3n) is 2.46. The van der Waals surface area contributed by atoms with Gasteiger partial charge in [-0.3, -0.25) is 4.57 Å². The van der Waals surface area contributed by atoms with Crippen molar-refractivity contribution < 1.29 is 13.9 Å². The third-order valence-corrected chi connectivity index (χ3v) is 2.46. The fourth-order valence-electron chi connectivity index (χ4n) is 1.73. The smallest absolute Gasteiger partial charge is 0.418 e. The lowest BCUT2D eigenvalue weighted by Crippen LogP contribution is -2.27. The van der Waals surface area contributed by atoms with Crippen LogP contribution < -0.4 is 0 Å². The number of rotatable bonds is 1. The van der Waals surface area contributed by atoms with E-state index in [1.54, 1.807) is 51.2 Å². The van der Waals surface area contributed by atoms with Crippen LogP contribution in [0.3, 0.4) is 0 Å². The van der Waals surface area contributed by atoms with Crippen LogP contribution in [-0.2, 0) is 4.74 Å². The van der Waals surface area contributed by atoms with Gasteiger partial charge in [-0.15, -0.1) is 0 Å². The summed E-state index contributed by atoms with van der Waals surface area (Å²) in [5.41, 5.74) is 0.671. The van der Waals surface area contributed by atoms with Gasteiger partial charge in [0, 0.05) is 11.8 Å². The fraction of sp³-hybridized carbons (Fsp3) is 0.267. The molecule has 0 N–H and O–H groups in total. The standard InChI is InChI=1S/C15H16FNO2/c1-15(2,3)19-14(18)17-9-5-8-13(17)11-6-4-7-12(16)10-11/h4-10H,1-3H3. The average molecular weight is 261 g/mol. The Balaban J connectivity index is 2.35. The second-order valence-electron chi connectivity index (χ2n) is 5.25. The highest BCUT2D eigenvalue weighted by molar-refractivity contribution is 5.78. The summed E-state index contributed by atoms with van der Waals surface area (Å²) in [6.45, 7) is 5.41. The van der Waals surface area contributed by atoms with Crippen molar-refractivity contribution in [2.45, 2.75) is 26.4 Å². The van der Waals surface area contributed by atoms with Crippen LogP contribution >= 0.6 is 0 Å². The van der Waals surface area contributed by atoms with E-state index >= 15 is 0 Å². The molecule has 1 heterocycles. The summed E-state index contributed by atoms with van der Waals surface area (Å²) in [6, 6.07) is 9.58. The maximum absolute atomic E-state index is 13.2. The number of benzene rings is 1. The minimum absolute atomic E-state index is 0.338. The van der Waals surface area contributed by atoms with Crippen molar-refractivity contribution in [3.05, 3.63) is 48.4 Å². The van der Waals surface area contributed by atoms with Crippen molar-refractivity contribution in [3.8, 4) is 11.3 Å². The Kier molecular flexibility index (Phi) is 3.42. The lowest BCUT2D eigenvalue weighted by atomic mass is 10.1. The molecule has 0 saturated carbocycles. The topological polar surface area (TPSA) is 31.2 Å². The van der Waals surface area contributed by atoms with E-state index in [-0.39, 0.29) is 5.82 Å². The molecule has 0 saturated heterocycles. The number of nitrogens with zero attached hydrogens (tertiary/aromatic N) is 1. The summed E-state index contributed by atoms with van der Waals surface area (Å²) in [5.74, 6) is -0.338. The maximum Gasteiger partial charge on any atom is 0.418 e. The number of ether oxygens (including phenoxy) is 1. The number of hydrogen-bond acceptors (Lipinski definition) is 2. The van der Waals surface area contributed by atoms with E-state index in [1.165, 1.54) is 16.7 Å². The molecule has 0 bridgehead atoms. The lowest BCUT2D eigenvalue weighted by Gasteiger charge is -2.20. The molecule has 0 aliphatic heterocycles. The van der Waals surface area contributed by atoms with Crippen molar-refractivity contribution in [1.29, 1.82) is 0 Å². The largest absolute Gasteiger partial charge is 0.443 e. The molecule has 0 amide bonds. The van der Waals surface area contributed by atoms with Gasteiger partial charge in [-0.05, 0) is 45.0 Å². The zero-order chi connectivity index (χ0) is 14.0. The molecule has 100 valence electrons. The van der Waals surface area contributed by atoms with E-state index in [0.717, 1.165) is 0 Å². The Hall–Kier alpha value is -2.10. The van der Waals surface area contributed by atoms with Crippen LogP contribution in [0, 0.1) is 5.82 Å². The molecule has 1 aromatic heterocycles. The second kappa shape index (κ2) is 4.88. The lowest BCUT2D eigenvalue weighted by molar-refractivity contribution is 0.0540. The normalized spacial score (nSPS) is 11.4. The van der Waals surface area contributed by atoms with Crippen LogP contribution in [0.4, 0.5) is 9.18 Å². The highest BCUT2D eigenvalue weighted by Gasteiger charge is 2.19. The second-order valence-corrected chi connectivity index (χ2v) is 5.25. The van der Waals surface area contributed by atoms with E-state index < -0.39 is 11.7 Å². The average Bonchev–Trinajstić information content (AvgIpc) is 2.75. The molecule has 2 aromatic rings. The number of aromatic nitrogens is 1. The molecule has 0 fully saturated rings. The van der Waals surface area contributed by atoms with Crippen LogP contribution in [0.15, 0.2) is 42.6 Å². The molecule has 0 unspecified atom stereocenters. The summed E-state index contributed by atoms with van der Waals surface area (Å²) < 4.78 is 19.9. The van der Waals surface area contributed by atoms with E-state index in [1.807, 2.05) is 0 Å². The molecule has 0 spiro atoms. The maximum atomic E-state index is 13.2. The number of halogens is 1. The molecule has 2 rings (SSSR count).